The molecule has 3 aliphatic rings. The van der Waals surface area contributed by atoms with E-state index >= 15 is 0 Å². The van der Waals surface area contributed by atoms with E-state index in [9.17, 15) is 17.8 Å². The van der Waals surface area contributed by atoms with E-state index in [1.54, 1.807) is 18.2 Å². The van der Waals surface area contributed by atoms with Crippen molar-refractivity contribution >= 4 is 52.8 Å². The molecule has 3 aromatic carbocycles. The lowest BCUT2D eigenvalue weighted by Gasteiger charge is -2.36. The normalized spacial score (nSPS) is 19.4. The summed E-state index contributed by atoms with van der Waals surface area (Å²) in [5, 5.41) is 0. The molecule has 3 aliphatic heterocycles. The van der Waals surface area contributed by atoms with Crippen LogP contribution in [-0.4, -0.2) is 78.0 Å². The van der Waals surface area contributed by atoms with Crippen LogP contribution in [0.1, 0.15) is 28.8 Å². The molecule has 6 nitrogen and oxygen atoms in total. The first-order valence-corrected chi connectivity index (χ1v) is 15.8. The van der Waals surface area contributed by atoms with Crippen molar-refractivity contribution in [1.82, 2.24) is 9.80 Å². The number of para-hydroxylation sites is 1. The number of nitrogens with zero attached hydrogens (tertiary/aromatic N) is 4. The fourth-order valence-electron chi connectivity index (χ4n) is 6.21. The van der Waals surface area contributed by atoms with Crippen molar-refractivity contribution in [2.75, 3.05) is 68.0 Å². The quantitative estimate of drug-likeness (QED) is 0.296. The van der Waals surface area contributed by atoms with Crippen molar-refractivity contribution in [2.45, 2.75) is 24.3 Å². The first-order valence-electron chi connectivity index (χ1n) is 14.4. The van der Waals surface area contributed by atoms with E-state index in [1.807, 2.05) is 12.1 Å². The molecule has 0 aliphatic carbocycles. The molecule has 0 bridgehead atoms. The molecule has 0 radical (unpaired) electrons. The van der Waals surface area contributed by atoms with Gasteiger partial charge in [0, 0.05) is 57.3 Å². The van der Waals surface area contributed by atoms with Crippen LogP contribution in [0.4, 0.5) is 20.2 Å². The fraction of sp³-hybridized carbons (Fsp3) is 0.406. The van der Waals surface area contributed by atoms with Crippen LogP contribution in [0.3, 0.4) is 0 Å². The minimum Gasteiger partial charge on any atom is -0.367 e. The Labute approximate surface area is 267 Å². The lowest BCUT2D eigenvalue weighted by molar-refractivity contribution is 0.0842. The monoisotopic (exact) mass is 650 g/mol. The number of anilines is 2. The highest BCUT2D eigenvalue weighted by Gasteiger charge is 2.29. The Morgan fingerprint density at radius 2 is 1.49 bits per heavy atom. The SMILES string of the molecule is Cl.Cl.O=C(c1ccc(F)cc1)C1CCN(CCN2CS(=O)c3cc(CN4CCN(c5ccccc5F)CC4)ccc32)CC1. The van der Waals surface area contributed by atoms with Gasteiger partial charge in [0.25, 0.3) is 0 Å². The Morgan fingerprint density at radius 3 is 2.19 bits per heavy atom. The van der Waals surface area contributed by atoms with Crippen LogP contribution >= 0.6 is 24.8 Å². The van der Waals surface area contributed by atoms with Crippen LogP contribution in [0.15, 0.2) is 71.6 Å². The summed E-state index contributed by atoms with van der Waals surface area (Å²) in [5.74, 6) is 0.106. The average Bonchev–Trinajstić information content (AvgIpc) is 3.31. The van der Waals surface area contributed by atoms with Crippen LogP contribution < -0.4 is 9.80 Å². The molecule has 1 atom stereocenters. The van der Waals surface area contributed by atoms with Crippen LogP contribution in [0, 0.1) is 17.6 Å². The molecule has 11 heteroatoms. The number of likely N-dealkylation sites (tertiary alicyclic amines) is 1. The lowest BCUT2D eigenvalue weighted by Crippen LogP contribution is -2.46. The van der Waals surface area contributed by atoms with Crippen molar-refractivity contribution < 1.29 is 17.8 Å². The molecular weight excluding hydrogens is 613 g/mol. The van der Waals surface area contributed by atoms with Crippen molar-refractivity contribution in [1.29, 1.82) is 0 Å². The Morgan fingerprint density at radius 1 is 0.791 bits per heavy atom. The van der Waals surface area contributed by atoms with Gasteiger partial charge in [-0.15, -0.1) is 24.8 Å². The number of piperidine rings is 1. The maximum Gasteiger partial charge on any atom is 0.166 e. The molecule has 0 amide bonds. The van der Waals surface area contributed by atoms with E-state index in [1.165, 1.54) is 18.2 Å². The third-order valence-corrected chi connectivity index (χ3v) is 9.99. The summed E-state index contributed by atoms with van der Waals surface area (Å²) in [6.45, 7) is 7.43. The molecule has 0 N–H and O–H groups in total. The minimum absolute atomic E-state index is 0. The predicted molar refractivity (Wildman–Crippen MR) is 173 cm³/mol. The van der Waals surface area contributed by atoms with Gasteiger partial charge in [0.15, 0.2) is 5.78 Å². The smallest absolute Gasteiger partial charge is 0.166 e. The summed E-state index contributed by atoms with van der Waals surface area (Å²) in [5.41, 5.74) is 3.47. The van der Waals surface area contributed by atoms with Crippen LogP contribution in [-0.2, 0) is 17.3 Å². The molecule has 2 fully saturated rings. The van der Waals surface area contributed by atoms with Gasteiger partial charge in [-0.1, -0.05) is 18.2 Å². The fourth-order valence-corrected chi connectivity index (χ4v) is 7.61. The largest absolute Gasteiger partial charge is 0.367 e. The highest BCUT2D eigenvalue weighted by Crippen LogP contribution is 2.33. The number of hydrogen-bond donors (Lipinski definition) is 0. The van der Waals surface area contributed by atoms with Crippen LogP contribution in [0.5, 0.6) is 0 Å². The number of piperazine rings is 1. The van der Waals surface area contributed by atoms with Crippen LogP contribution in [0.25, 0.3) is 0 Å². The molecule has 1 unspecified atom stereocenters. The van der Waals surface area contributed by atoms with E-state index in [2.05, 4.69) is 37.8 Å². The lowest BCUT2D eigenvalue weighted by atomic mass is 9.89. The zero-order valence-electron chi connectivity index (χ0n) is 24.0. The second-order valence-corrected chi connectivity index (χ2v) is 12.6. The van der Waals surface area contributed by atoms with Gasteiger partial charge < -0.3 is 14.7 Å². The third kappa shape index (κ3) is 7.75. The second-order valence-electron chi connectivity index (χ2n) is 11.2. The molecule has 6 rings (SSSR count). The van der Waals surface area contributed by atoms with E-state index in [4.69, 9.17) is 0 Å². The maximum absolute atomic E-state index is 14.2. The summed E-state index contributed by atoms with van der Waals surface area (Å²) in [7, 11) is -1.05. The predicted octanol–water partition coefficient (Wildman–Crippen LogP) is 5.61. The summed E-state index contributed by atoms with van der Waals surface area (Å²) < 4.78 is 40.4. The molecule has 0 saturated carbocycles. The first-order chi connectivity index (χ1) is 19.9. The van der Waals surface area contributed by atoms with Gasteiger partial charge in [-0.05, 0) is 80.0 Å². The third-order valence-electron chi connectivity index (χ3n) is 8.63. The van der Waals surface area contributed by atoms with Gasteiger partial charge in [-0.3, -0.25) is 13.9 Å². The molecular formula is C32H38Cl2F2N4O2S. The number of Topliss-reactive ketones (excluding diaryl/α,β-unsaturated/α-hetero) is 1. The number of fused-ring (bicyclic) bond motifs is 1. The van der Waals surface area contributed by atoms with E-state index < -0.39 is 10.8 Å². The zero-order chi connectivity index (χ0) is 28.3. The van der Waals surface area contributed by atoms with Gasteiger partial charge in [0.05, 0.1) is 32.9 Å². The average molecular weight is 652 g/mol. The molecule has 3 aromatic rings. The van der Waals surface area contributed by atoms with Crippen molar-refractivity contribution in [3.8, 4) is 0 Å². The van der Waals surface area contributed by atoms with Gasteiger partial charge in [-0.2, -0.15) is 0 Å². The Balaban J connectivity index is 0.00000212. The number of benzene rings is 3. The summed E-state index contributed by atoms with van der Waals surface area (Å²) in [6.07, 6.45) is 1.60. The number of hydrogen-bond acceptors (Lipinski definition) is 6. The van der Waals surface area contributed by atoms with Gasteiger partial charge >= 0.3 is 0 Å². The van der Waals surface area contributed by atoms with Gasteiger partial charge in [0.2, 0.25) is 0 Å². The van der Waals surface area contributed by atoms with Crippen molar-refractivity contribution in [2.24, 2.45) is 5.92 Å². The Bertz CT molecular complexity index is 1410. The molecule has 0 aromatic heterocycles. The second kappa shape index (κ2) is 14.9. The number of halogens is 4. The Hall–Kier alpha value is -2.56. The molecule has 2 saturated heterocycles. The standard InChI is InChI=1S/C32H36F2N4O2S.2ClH/c33-27-8-6-25(7-9-27)32(39)26-11-13-35(14-12-26)15-20-38-23-41(40)31-21-24(5-10-30(31)38)22-36-16-18-37(19-17-36)29-4-2-1-3-28(29)34;;/h1-10,21,26H,11-20,22-23H2;2*1H. The number of rotatable bonds is 8. The molecule has 3 heterocycles. The van der Waals surface area contributed by atoms with Gasteiger partial charge in [0.1, 0.15) is 11.6 Å². The van der Waals surface area contributed by atoms with Crippen molar-refractivity contribution in [3.63, 3.8) is 0 Å². The Kier molecular flexibility index (Phi) is 11.6. The molecule has 232 valence electrons. The minimum atomic E-state index is -1.05. The first kappa shape index (κ1) is 33.3. The molecule has 43 heavy (non-hydrogen) atoms. The topological polar surface area (TPSA) is 47.1 Å². The highest BCUT2D eigenvalue weighted by atomic mass is 35.5. The summed E-state index contributed by atoms with van der Waals surface area (Å²) in [6, 6.07) is 19.1. The highest BCUT2D eigenvalue weighted by molar-refractivity contribution is 7.85. The zero-order valence-corrected chi connectivity index (χ0v) is 26.4. The number of carbonyl (C=O) groups is 1. The van der Waals surface area contributed by atoms with Crippen molar-refractivity contribution in [3.05, 3.63) is 89.5 Å². The van der Waals surface area contributed by atoms with E-state index in [0.717, 1.165) is 87.9 Å². The number of carbonyl (C=O) groups excluding carboxylic acids is 1. The van der Waals surface area contributed by atoms with Gasteiger partial charge in [-0.25, -0.2) is 8.78 Å². The van der Waals surface area contributed by atoms with E-state index in [0.29, 0.717) is 17.1 Å². The molecule has 0 spiro atoms. The summed E-state index contributed by atoms with van der Waals surface area (Å²) >= 11 is 0. The summed E-state index contributed by atoms with van der Waals surface area (Å²) in [4.78, 5) is 22.8. The van der Waals surface area contributed by atoms with E-state index in [-0.39, 0.29) is 48.1 Å². The van der Waals surface area contributed by atoms with Crippen LogP contribution in [0.2, 0.25) is 0 Å². The maximum atomic E-state index is 14.2. The number of ketones is 1.